The lowest BCUT2D eigenvalue weighted by Gasteiger charge is -2.20. The zero-order chi connectivity index (χ0) is 18.3. The number of aliphatic hydroxyl groups is 1. The number of primary amides is 1. The van der Waals surface area contributed by atoms with Crippen molar-refractivity contribution in [3.05, 3.63) is 28.4 Å². The number of likely N-dealkylation sites (tertiary alicyclic amines) is 1. The van der Waals surface area contributed by atoms with Crippen LogP contribution in [-0.4, -0.2) is 51.7 Å². The van der Waals surface area contributed by atoms with Crippen LogP contribution in [0.4, 0.5) is 10.5 Å². The summed E-state index contributed by atoms with van der Waals surface area (Å²) < 4.78 is 6.08. The molecule has 0 bridgehead atoms. The van der Waals surface area contributed by atoms with E-state index in [9.17, 15) is 19.5 Å². The molecule has 5 N–H and O–H groups in total. The highest BCUT2D eigenvalue weighted by Gasteiger charge is 2.39. The number of rotatable bonds is 3. The minimum Gasteiger partial charge on any atom is -0.465 e. The molecule has 0 spiro atoms. The zero-order valence-electron chi connectivity index (χ0n) is 12.7. The van der Waals surface area contributed by atoms with Crippen molar-refractivity contribution in [2.75, 3.05) is 11.9 Å². The van der Waals surface area contributed by atoms with Gasteiger partial charge in [-0.05, 0) is 18.2 Å². The van der Waals surface area contributed by atoms with Gasteiger partial charge < -0.3 is 25.7 Å². The Morgan fingerprint density at radius 1 is 1.36 bits per heavy atom. The maximum Gasteiger partial charge on any atom is 0.408 e. The van der Waals surface area contributed by atoms with Crippen molar-refractivity contribution in [1.29, 1.82) is 0 Å². The van der Waals surface area contributed by atoms with E-state index in [-0.39, 0.29) is 24.4 Å². The van der Waals surface area contributed by atoms with Gasteiger partial charge in [-0.3, -0.25) is 14.5 Å². The summed E-state index contributed by atoms with van der Waals surface area (Å²) in [5, 5.41) is 21.8. The Morgan fingerprint density at radius 3 is 2.72 bits per heavy atom. The molecule has 9 nitrogen and oxygen atoms in total. The van der Waals surface area contributed by atoms with Gasteiger partial charge in [0.1, 0.15) is 17.3 Å². The molecule has 2 aromatic rings. The third-order valence-corrected chi connectivity index (χ3v) is 4.44. The SMILES string of the molecule is NC(=O)c1oc2ccc(Br)cc2c1NC(=O)C1CC(O)CN1C(=O)O. The first-order valence-corrected chi connectivity index (χ1v) is 8.07. The number of benzene rings is 1. The predicted molar refractivity (Wildman–Crippen MR) is 90.2 cm³/mol. The van der Waals surface area contributed by atoms with E-state index < -0.39 is 30.1 Å². The number of aliphatic hydroxyl groups excluding tert-OH is 1. The molecule has 2 unspecified atom stereocenters. The minimum absolute atomic E-state index is 0.0382. The van der Waals surface area contributed by atoms with E-state index in [1.165, 1.54) is 0 Å². The van der Waals surface area contributed by atoms with Crippen LogP contribution in [0.5, 0.6) is 0 Å². The number of nitrogens with one attached hydrogen (secondary N) is 1. The fraction of sp³-hybridized carbons (Fsp3) is 0.267. The number of furan rings is 1. The molecule has 1 aliphatic rings. The number of halogens is 1. The summed E-state index contributed by atoms with van der Waals surface area (Å²) in [5.41, 5.74) is 5.71. The highest BCUT2D eigenvalue weighted by Crippen LogP contribution is 2.33. The molecule has 10 heteroatoms. The second-order valence-electron chi connectivity index (χ2n) is 5.64. The highest BCUT2D eigenvalue weighted by atomic mass is 79.9. The van der Waals surface area contributed by atoms with Crippen molar-refractivity contribution >= 4 is 50.5 Å². The smallest absolute Gasteiger partial charge is 0.408 e. The van der Waals surface area contributed by atoms with Crippen LogP contribution in [-0.2, 0) is 4.79 Å². The van der Waals surface area contributed by atoms with E-state index in [0.717, 1.165) is 4.90 Å². The van der Waals surface area contributed by atoms with Crippen molar-refractivity contribution in [1.82, 2.24) is 4.90 Å². The molecule has 1 aromatic carbocycles. The minimum atomic E-state index is -1.31. The van der Waals surface area contributed by atoms with E-state index in [4.69, 9.17) is 15.3 Å². The summed E-state index contributed by atoms with van der Waals surface area (Å²) in [6.07, 6.45) is -2.28. The van der Waals surface area contributed by atoms with Crippen LogP contribution in [0, 0.1) is 0 Å². The number of fused-ring (bicyclic) bond motifs is 1. The second kappa shape index (κ2) is 6.37. The Kier molecular flexibility index (Phi) is 4.39. The standard InChI is InChI=1S/C15H14BrN3O6/c16-6-1-2-10-8(3-6)11(12(25-10)13(17)21)18-14(22)9-4-7(20)5-19(9)15(23)24/h1-3,7,9,20H,4-5H2,(H2,17,21)(H,18,22)(H,23,24). The first-order chi connectivity index (χ1) is 11.8. The number of carboxylic acid groups (broad SMARTS) is 1. The number of carbonyl (C=O) groups is 3. The van der Waals surface area contributed by atoms with Crippen molar-refractivity contribution in [3.63, 3.8) is 0 Å². The second-order valence-corrected chi connectivity index (χ2v) is 6.56. The fourth-order valence-corrected chi connectivity index (χ4v) is 3.21. The number of nitrogens with zero attached hydrogens (tertiary/aromatic N) is 1. The number of β-amino-alcohol motifs (C(OH)–C–C–N with tert-alkyl or cyclic N) is 1. The van der Waals surface area contributed by atoms with Gasteiger partial charge in [-0.2, -0.15) is 0 Å². The van der Waals surface area contributed by atoms with Crippen LogP contribution in [0.1, 0.15) is 17.0 Å². The lowest BCUT2D eigenvalue weighted by molar-refractivity contribution is -0.120. The summed E-state index contributed by atoms with van der Waals surface area (Å²) >= 11 is 3.29. The number of nitrogens with two attached hydrogens (primary N) is 1. The molecule has 1 saturated heterocycles. The average Bonchev–Trinajstić information content (AvgIpc) is 3.09. The normalized spacial score (nSPS) is 20.0. The monoisotopic (exact) mass is 411 g/mol. The third kappa shape index (κ3) is 3.17. The van der Waals surface area contributed by atoms with Gasteiger partial charge in [-0.1, -0.05) is 15.9 Å². The summed E-state index contributed by atoms with van der Waals surface area (Å²) in [5.74, 6) is -1.78. The van der Waals surface area contributed by atoms with Crippen LogP contribution in [0.3, 0.4) is 0 Å². The van der Waals surface area contributed by atoms with Gasteiger partial charge in [0.15, 0.2) is 0 Å². The molecule has 3 rings (SSSR count). The zero-order valence-corrected chi connectivity index (χ0v) is 14.3. The Balaban J connectivity index is 1.98. The van der Waals surface area contributed by atoms with E-state index >= 15 is 0 Å². The van der Waals surface area contributed by atoms with Gasteiger partial charge >= 0.3 is 6.09 Å². The average molecular weight is 412 g/mol. The number of hydrogen-bond donors (Lipinski definition) is 4. The molecule has 132 valence electrons. The van der Waals surface area contributed by atoms with Crippen LogP contribution in [0.25, 0.3) is 11.0 Å². The number of hydrogen-bond acceptors (Lipinski definition) is 5. The molecule has 3 amide bonds. The topological polar surface area (TPSA) is 146 Å². The Morgan fingerprint density at radius 2 is 2.08 bits per heavy atom. The number of carbonyl (C=O) groups excluding carboxylic acids is 2. The van der Waals surface area contributed by atoms with E-state index in [0.29, 0.717) is 15.4 Å². The summed E-state index contributed by atoms with van der Waals surface area (Å²) in [6.45, 7) is -0.159. The van der Waals surface area contributed by atoms with Crippen molar-refractivity contribution < 1.29 is 29.0 Å². The number of anilines is 1. The molecule has 0 aliphatic carbocycles. The summed E-state index contributed by atoms with van der Waals surface area (Å²) in [6, 6.07) is 3.86. The molecule has 1 aliphatic heterocycles. The molecule has 2 atom stereocenters. The Hall–Kier alpha value is -2.59. The van der Waals surface area contributed by atoms with Gasteiger partial charge in [0, 0.05) is 16.3 Å². The van der Waals surface area contributed by atoms with E-state index in [1.54, 1.807) is 18.2 Å². The van der Waals surface area contributed by atoms with Crippen molar-refractivity contribution in [3.8, 4) is 0 Å². The number of amides is 3. The highest BCUT2D eigenvalue weighted by molar-refractivity contribution is 9.10. The van der Waals surface area contributed by atoms with Crippen LogP contribution >= 0.6 is 15.9 Å². The Bertz CT molecular complexity index is 880. The predicted octanol–water partition coefficient (Wildman–Crippen LogP) is 1.35. The lowest BCUT2D eigenvalue weighted by atomic mass is 10.1. The lowest BCUT2D eigenvalue weighted by Crippen LogP contribution is -2.42. The third-order valence-electron chi connectivity index (χ3n) is 3.95. The maximum atomic E-state index is 12.5. The van der Waals surface area contributed by atoms with Gasteiger partial charge in [-0.15, -0.1) is 0 Å². The van der Waals surface area contributed by atoms with Gasteiger partial charge in [-0.25, -0.2) is 4.79 Å². The molecule has 25 heavy (non-hydrogen) atoms. The quantitative estimate of drug-likeness (QED) is 0.599. The van der Waals surface area contributed by atoms with Gasteiger partial charge in [0.05, 0.1) is 12.6 Å². The fourth-order valence-electron chi connectivity index (χ4n) is 2.85. The van der Waals surface area contributed by atoms with Crippen molar-refractivity contribution in [2.24, 2.45) is 5.73 Å². The first kappa shape index (κ1) is 17.2. The molecule has 0 saturated carbocycles. The van der Waals surface area contributed by atoms with E-state index in [2.05, 4.69) is 21.2 Å². The summed E-state index contributed by atoms with van der Waals surface area (Å²) in [7, 11) is 0. The van der Waals surface area contributed by atoms with Gasteiger partial charge in [0.2, 0.25) is 11.7 Å². The molecule has 1 fully saturated rings. The van der Waals surface area contributed by atoms with Crippen LogP contribution < -0.4 is 11.1 Å². The van der Waals surface area contributed by atoms with Crippen LogP contribution in [0.15, 0.2) is 27.1 Å². The molecule has 1 aromatic heterocycles. The molecule has 2 heterocycles. The first-order valence-electron chi connectivity index (χ1n) is 7.28. The summed E-state index contributed by atoms with van der Waals surface area (Å²) in [4.78, 5) is 36.3. The maximum absolute atomic E-state index is 12.5. The molecular formula is C15H14BrN3O6. The molecule has 0 radical (unpaired) electrons. The van der Waals surface area contributed by atoms with Gasteiger partial charge in [0.25, 0.3) is 5.91 Å². The largest absolute Gasteiger partial charge is 0.465 e. The van der Waals surface area contributed by atoms with Crippen molar-refractivity contribution in [2.45, 2.75) is 18.6 Å². The van der Waals surface area contributed by atoms with E-state index in [1.807, 2.05) is 0 Å². The molecular weight excluding hydrogens is 398 g/mol. The Labute approximate surface area is 149 Å². The van der Waals surface area contributed by atoms with Crippen LogP contribution in [0.2, 0.25) is 0 Å².